The van der Waals surface area contributed by atoms with Gasteiger partial charge in [-0.1, -0.05) is 25.7 Å². The van der Waals surface area contributed by atoms with Crippen molar-refractivity contribution in [3.8, 4) is 0 Å². The molecule has 1 aromatic rings. The molecule has 0 aliphatic carbocycles. The lowest BCUT2D eigenvalue weighted by molar-refractivity contribution is 0.576. The SMILES string of the molecule is C=CCCCCCn1c(=C)ccc1=C. The Hall–Kier alpha value is -1.24. The molecule has 0 spiro atoms. The van der Waals surface area contributed by atoms with Gasteiger partial charge in [0.15, 0.2) is 0 Å². The number of hydrogen-bond donors (Lipinski definition) is 0. The average Bonchev–Trinajstić information content (AvgIpc) is 2.48. The van der Waals surface area contributed by atoms with Crippen LogP contribution in [0.3, 0.4) is 0 Å². The molecule has 76 valence electrons. The zero-order chi connectivity index (χ0) is 10.4. The molecule has 0 aromatic carbocycles. The van der Waals surface area contributed by atoms with E-state index in [0.717, 1.165) is 23.7 Å². The van der Waals surface area contributed by atoms with E-state index < -0.39 is 0 Å². The van der Waals surface area contributed by atoms with Gasteiger partial charge in [0.1, 0.15) is 0 Å². The molecular weight excluding hydrogens is 170 g/mol. The summed E-state index contributed by atoms with van der Waals surface area (Å²) in [4.78, 5) is 0. The van der Waals surface area contributed by atoms with Gasteiger partial charge in [-0.25, -0.2) is 0 Å². The summed E-state index contributed by atoms with van der Waals surface area (Å²) in [5, 5.41) is 2.14. The molecule has 1 rings (SSSR count). The minimum atomic E-state index is 1.04. The molecule has 0 saturated heterocycles. The van der Waals surface area contributed by atoms with Crippen LogP contribution in [-0.2, 0) is 6.54 Å². The molecular formula is C13H19N. The molecule has 0 saturated carbocycles. The highest BCUT2D eigenvalue weighted by Gasteiger charge is 1.93. The maximum Gasteiger partial charge on any atom is 0.0338 e. The van der Waals surface area contributed by atoms with Crippen LogP contribution in [0.15, 0.2) is 24.8 Å². The number of rotatable bonds is 6. The van der Waals surface area contributed by atoms with Gasteiger partial charge in [0.05, 0.1) is 0 Å². The third-order valence-electron chi connectivity index (χ3n) is 2.45. The topological polar surface area (TPSA) is 4.93 Å². The largest absolute Gasteiger partial charge is 0.343 e. The number of unbranched alkanes of at least 4 members (excludes halogenated alkanes) is 3. The predicted octanol–water partition coefficient (Wildman–Crippen LogP) is 2.06. The van der Waals surface area contributed by atoms with E-state index in [1.807, 2.05) is 18.2 Å². The van der Waals surface area contributed by atoms with E-state index in [0.29, 0.717) is 0 Å². The Balaban J connectivity index is 2.35. The fourth-order valence-corrected chi connectivity index (χ4v) is 1.58. The smallest absolute Gasteiger partial charge is 0.0338 e. The summed E-state index contributed by atoms with van der Waals surface area (Å²) < 4.78 is 2.17. The van der Waals surface area contributed by atoms with Crippen molar-refractivity contribution in [2.75, 3.05) is 0 Å². The van der Waals surface area contributed by atoms with Crippen molar-refractivity contribution >= 4 is 13.2 Å². The number of allylic oxidation sites excluding steroid dienone is 1. The first-order valence-corrected chi connectivity index (χ1v) is 5.20. The summed E-state index contributed by atoms with van der Waals surface area (Å²) in [7, 11) is 0. The zero-order valence-corrected chi connectivity index (χ0v) is 8.84. The molecule has 1 heterocycles. The quantitative estimate of drug-likeness (QED) is 0.477. The molecule has 0 unspecified atom stereocenters. The molecule has 1 heteroatoms. The van der Waals surface area contributed by atoms with Crippen LogP contribution in [0.1, 0.15) is 25.7 Å². The Bertz CT molecular complexity index is 345. The zero-order valence-electron chi connectivity index (χ0n) is 8.84. The third-order valence-corrected chi connectivity index (χ3v) is 2.45. The second-order valence-corrected chi connectivity index (χ2v) is 3.61. The first-order chi connectivity index (χ1) is 6.75. The summed E-state index contributed by atoms with van der Waals surface area (Å²) in [5.41, 5.74) is 0. The molecule has 0 radical (unpaired) electrons. The van der Waals surface area contributed by atoms with Gasteiger partial charge in [0.25, 0.3) is 0 Å². The van der Waals surface area contributed by atoms with Crippen LogP contribution < -0.4 is 10.7 Å². The molecule has 0 N–H and O–H groups in total. The van der Waals surface area contributed by atoms with Gasteiger partial charge in [0.2, 0.25) is 0 Å². The Morgan fingerprint density at radius 1 is 1.07 bits per heavy atom. The van der Waals surface area contributed by atoms with Crippen molar-refractivity contribution in [2.24, 2.45) is 0 Å². The maximum atomic E-state index is 3.96. The molecule has 0 fully saturated rings. The van der Waals surface area contributed by atoms with Gasteiger partial charge >= 0.3 is 0 Å². The standard InChI is InChI=1S/C13H19N/c1-4-5-6-7-8-11-14-12(2)9-10-13(14)3/h4,9-10H,1-3,5-8,11H2. The summed E-state index contributed by atoms with van der Waals surface area (Å²) >= 11 is 0. The first kappa shape index (κ1) is 10.8. The summed E-state index contributed by atoms with van der Waals surface area (Å²) in [6, 6.07) is 4.04. The van der Waals surface area contributed by atoms with Crippen LogP contribution in [0, 0.1) is 0 Å². The van der Waals surface area contributed by atoms with Crippen molar-refractivity contribution in [1.29, 1.82) is 0 Å². The predicted molar refractivity (Wildman–Crippen MR) is 63.4 cm³/mol. The van der Waals surface area contributed by atoms with E-state index in [-0.39, 0.29) is 0 Å². The van der Waals surface area contributed by atoms with E-state index in [9.17, 15) is 0 Å². The summed E-state index contributed by atoms with van der Waals surface area (Å²) in [6.07, 6.45) is 6.80. The number of aromatic nitrogens is 1. The highest BCUT2D eigenvalue weighted by molar-refractivity contribution is 5.08. The Kier molecular flexibility index (Phi) is 4.24. The highest BCUT2D eigenvalue weighted by Crippen LogP contribution is 2.00. The number of nitrogens with zero attached hydrogens (tertiary/aromatic N) is 1. The van der Waals surface area contributed by atoms with Gasteiger partial charge in [0, 0.05) is 17.2 Å². The van der Waals surface area contributed by atoms with E-state index in [2.05, 4.69) is 24.3 Å². The molecule has 14 heavy (non-hydrogen) atoms. The minimum Gasteiger partial charge on any atom is -0.343 e. The van der Waals surface area contributed by atoms with Crippen LogP contribution in [0.4, 0.5) is 0 Å². The average molecular weight is 189 g/mol. The molecule has 1 nitrogen and oxygen atoms in total. The normalized spacial score (nSPS) is 10.3. The van der Waals surface area contributed by atoms with Crippen molar-refractivity contribution in [1.82, 2.24) is 4.57 Å². The van der Waals surface area contributed by atoms with Crippen LogP contribution in [0.5, 0.6) is 0 Å². The third kappa shape index (κ3) is 2.91. The highest BCUT2D eigenvalue weighted by atomic mass is 14.9. The van der Waals surface area contributed by atoms with E-state index in [1.54, 1.807) is 0 Å². The van der Waals surface area contributed by atoms with Crippen molar-refractivity contribution in [3.63, 3.8) is 0 Å². The van der Waals surface area contributed by atoms with E-state index in [4.69, 9.17) is 0 Å². The minimum absolute atomic E-state index is 1.04. The monoisotopic (exact) mass is 189 g/mol. The summed E-state index contributed by atoms with van der Waals surface area (Å²) in [6.45, 7) is 12.7. The van der Waals surface area contributed by atoms with Gasteiger partial charge in [-0.15, -0.1) is 6.58 Å². The van der Waals surface area contributed by atoms with Crippen LogP contribution in [0.25, 0.3) is 13.2 Å². The molecule has 1 aromatic heterocycles. The maximum absolute atomic E-state index is 3.96. The van der Waals surface area contributed by atoms with E-state index in [1.165, 1.54) is 19.3 Å². The molecule has 0 aliphatic rings. The second-order valence-electron chi connectivity index (χ2n) is 3.61. The Morgan fingerprint density at radius 3 is 2.29 bits per heavy atom. The van der Waals surface area contributed by atoms with Gasteiger partial charge in [-0.05, 0) is 31.4 Å². The van der Waals surface area contributed by atoms with Crippen LogP contribution in [0.2, 0.25) is 0 Å². The first-order valence-electron chi connectivity index (χ1n) is 5.20. The molecule has 0 atom stereocenters. The van der Waals surface area contributed by atoms with Gasteiger partial charge < -0.3 is 4.57 Å². The van der Waals surface area contributed by atoms with Crippen LogP contribution in [-0.4, -0.2) is 4.57 Å². The lowest BCUT2D eigenvalue weighted by Gasteiger charge is -2.03. The van der Waals surface area contributed by atoms with Crippen molar-refractivity contribution in [3.05, 3.63) is 35.5 Å². The molecule has 0 aliphatic heterocycles. The van der Waals surface area contributed by atoms with Crippen LogP contribution >= 0.6 is 0 Å². The lowest BCUT2D eigenvalue weighted by atomic mass is 10.2. The fourth-order valence-electron chi connectivity index (χ4n) is 1.58. The fraction of sp³-hybridized carbons (Fsp3) is 0.385. The Morgan fingerprint density at radius 2 is 1.71 bits per heavy atom. The summed E-state index contributed by atoms with van der Waals surface area (Å²) in [5.74, 6) is 0. The van der Waals surface area contributed by atoms with Crippen molar-refractivity contribution < 1.29 is 0 Å². The molecule has 0 bridgehead atoms. The Labute approximate surface area is 86.1 Å². The van der Waals surface area contributed by atoms with Crippen molar-refractivity contribution in [2.45, 2.75) is 32.2 Å². The number of hydrogen-bond acceptors (Lipinski definition) is 0. The van der Waals surface area contributed by atoms with E-state index >= 15 is 0 Å². The van der Waals surface area contributed by atoms with Gasteiger partial charge in [-0.3, -0.25) is 0 Å². The molecule has 0 amide bonds. The second kappa shape index (κ2) is 5.48. The van der Waals surface area contributed by atoms with Gasteiger partial charge in [-0.2, -0.15) is 0 Å². The lowest BCUT2D eigenvalue weighted by Crippen LogP contribution is -2.24.